The van der Waals surface area contributed by atoms with Crippen molar-refractivity contribution in [3.63, 3.8) is 0 Å². The Morgan fingerprint density at radius 2 is 1.51 bits per heavy atom. The highest BCUT2D eigenvalue weighted by atomic mass is 35.5. The number of halogens is 2. The Morgan fingerprint density at radius 1 is 0.930 bits per heavy atom. The Labute approximate surface area is 265 Å². The zero-order chi connectivity index (χ0) is 31.9. The van der Waals surface area contributed by atoms with E-state index >= 15 is 0 Å². The monoisotopic (exact) mass is 647 g/mol. The van der Waals surface area contributed by atoms with E-state index in [0.717, 1.165) is 9.87 Å². The summed E-state index contributed by atoms with van der Waals surface area (Å²) in [5.41, 5.74) is 1.12. The summed E-state index contributed by atoms with van der Waals surface area (Å²) in [6, 6.07) is 16.9. The molecule has 232 valence electrons. The Morgan fingerprint density at radius 3 is 2.02 bits per heavy atom. The number of rotatable bonds is 12. The van der Waals surface area contributed by atoms with Gasteiger partial charge in [0.25, 0.3) is 10.0 Å². The summed E-state index contributed by atoms with van der Waals surface area (Å²) in [6.07, 6.45) is 0.270. The van der Waals surface area contributed by atoms with Gasteiger partial charge in [0.1, 0.15) is 18.3 Å². The molecular formula is C32H39Cl2N3O5S. The molecule has 3 aromatic rings. The standard InChI is InChI=1S/C32H39Cl2N3O5S/c1-7-29(31(39)35-32(4,5)6)36(20-26-27(33)10-9-11-28(26)34)30(38)21-37(23-14-12-22(3)13-15-23)43(40,41)25-18-16-24(17-19-25)42-8-2/h9-19,29H,7-8,20-21H2,1-6H3,(H,35,39)/t29-/m1/s1. The molecule has 8 nitrogen and oxygen atoms in total. The minimum atomic E-state index is -4.22. The van der Waals surface area contributed by atoms with E-state index in [1.165, 1.54) is 17.0 Å². The first-order valence-corrected chi connectivity index (χ1v) is 16.2. The molecule has 11 heteroatoms. The van der Waals surface area contributed by atoms with Crippen molar-refractivity contribution < 1.29 is 22.7 Å². The van der Waals surface area contributed by atoms with E-state index in [1.54, 1.807) is 61.5 Å². The molecule has 0 fully saturated rings. The SMILES string of the molecule is CCOc1ccc(S(=O)(=O)N(CC(=O)N(Cc2c(Cl)cccc2Cl)[C@H](CC)C(=O)NC(C)(C)C)c2ccc(C)cc2)cc1. The van der Waals surface area contributed by atoms with Crippen LogP contribution in [-0.2, 0) is 26.2 Å². The molecule has 0 aliphatic heterocycles. The summed E-state index contributed by atoms with van der Waals surface area (Å²) < 4.78 is 34.7. The van der Waals surface area contributed by atoms with Gasteiger partial charge in [-0.05, 0) is 89.6 Å². The van der Waals surface area contributed by atoms with Crippen molar-refractivity contribution >= 4 is 50.7 Å². The molecule has 43 heavy (non-hydrogen) atoms. The van der Waals surface area contributed by atoms with Crippen LogP contribution in [0.2, 0.25) is 10.0 Å². The van der Waals surface area contributed by atoms with Gasteiger partial charge in [0, 0.05) is 27.7 Å². The zero-order valence-corrected chi connectivity index (χ0v) is 27.7. The first-order valence-electron chi connectivity index (χ1n) is 14.0. The zero-order valence-electron chi connectivity index (χ0n) is 25.4. The van der Waals surface area contributed by atoms with Crippen molar-refractivity contribution in [2.75, 3.05) is 17.5 Å². The number of amides is 2. The van der Waals surface area contributed by atoms with Gasteiger partial charge in [-0.25, -0.2) is 8.42 Å². The van der Waals surface area contributed by atoms with Crippen LogP contribution in [0.1, 0.15) is 52.2 Å². The van der Waals surface area contributed by atoms with E-state index in [0.29, 0.717) is 33.7 Å². The Hall–Kier alpha value is -3.27. The van der Waals surface area contributed by atoms with Gasteiger partial charge in [-0.2, -0.15) is 0 Å². The molecule has 3 rings (SSSR count). The molecule has 0 saturated heterocycles. The molecule has 1 atom stereocenters. The molecular weight excluding hydrogens is 609 g/mol. The predicted octanol–water partition coefficient (Wildman–Crippen LogP) is 6.62. The fourth-order valence-corrected chi connectivity index (χ4v) is 6.40. The lowest BCUT2D eigenvalue weighted by Crippen LogP contribution is -2.55. The molecule has 0 aromatic heterocycles. The number of ether oxygens (including phenoxy) is 1. The van der Waals surface area contributed by atoms with Gasteiger partial charge >= 0.3 is 0 Å². The average Bonchev–Trinajstić information content (AvgIpc) is 2.93. The number of nitrogens with one attached hydrogen (secondary N) is 1. The van der Waals surface area contributed by atoms with Crippen LogP contribution in [-0.4, -0.2) is 49.9 Å². The van der Waals surface area contributed by atoms with Gasteiger partial charge in [-0.15, -0.1) is 0 Å². The van der Waals surface area contributed by atoms with Crippen molar-refractivity contribution in [3.05, 3.63) is 87.9 Å². The fourth-order valence-electron chi connectivity index (χ4n) is 4.47. The highest BCUT2D eigenvalue weighted by Gasteiger charge is 2.35. The quantitative estimate of drug-likeness (QED) is 0.238. The maximum absolute atomic E-state index is 14.2. The molecule has 0 unspecified atom stereocenters. The maximum Gasteiger partial charge on any atom is 0.264 e. The number of hydrogen-bond donors (Lipinski definition) is 1. The summed E-state index contributed by atoms with van der Waals surface area (Å²) in [5, 5.41) is 3.60. The second kappa shape index (κ2) is 14.5. The topological polar surface area (TPSA) is 96.0 Å². The number of aryl methyl sites for hydroxylation is 1. The van der Waals surface area contributed by atoms with Gasteiger partial charge < -0.3 is 15.0 Å². The molecule has 2 amide bonds. The van der Waals surface area contributed by atoms with E-state index in [4.69, 9.17) is 27.9 Å². The molecule has 0 saturated carbocycles. The smallest absolute Gasteiger partial charge is 0.264 e. The molecule has 0 aliphatic carbocycles. The third kappa shape index (κ3) is 8.87. The lowest BCUT2D eigenvalue weighted by molar-refractivity contribution is -0.141. The minimum absolute atomic E-state index is 0.0115. The number of nitrogens with zero attached hydrogens (tertiary/aromatic N) is 2. The molecule has 0 aliphatic rings. The average molecular weight is 649 g/mol. The molecule has 3 aromatic carbocycles. The number of carbonyl (C=O) groups excluding carboxylic acids is 2. The van der Waals surface area contributed by atoms with E-state index in [9.17, 15) is 18.0 Å². The fraction of sp³-hybridized carbons (Fsp3) is 0.375. The Bertz CT molecular complexity index is 1500. The van der Waals surface area contributed by atoms with Crippen LogP contribution >= 0.6 is 23.2 Å². The lowest BCUT2D eigenvalue weighted by atomic mass is 10.1. The van der Waals surface area contributed by atoms with Crippen LogP contribution in [0.4, 0.5) is 5.69 Å². The normalized spacial score (nSPS) is 12.4. The maximum atomic E-state index is 14.2. The summed E-state index contributed by atoms with van der Waals surface area (Å²) in [4.78, 5) is 29.1. The van der Waals surface area contributed by atoms with E-state index < -0.39 is 34.1 Å². The van der Waals surface area contributed by atoms with Crippen molar-refractivity contribution in [1.82, 2.24) is 10.2 Å². The number of anilines is 1. The van der Waals surface area contributed by atoms with Crippen molar-refractivity contribution in [2.24, 2.45) is 0 Å². The van der Waals surface area contributed by atoms with Crippen LogP contribution < -0.4 is 14.4 Å². The number of sulfonamides is 1. The van der Waals surface area contributed by atoms with Gasteiger partial charge in [0.2, 0.25) is 11.8 Å². The minimum Gasteiger partial charge on any atom is -0.494 e. The molecule has 1 N–H and O–H groups in total. The second-order valence-corrected chi connectivity index (χ2v) is 13.8. The highest BCUT2D eigenvalue weighted by Crippen LogP contribution is 2.29. The van der Waals surface area contributed by atoms with Crippen molar-refractivity contribution in [3.8, 4) is 5.75 Å². The van der Waals surface area contributed by atoms with Gasteiger partial charge in [-0.3, -0.25) is 13.9 Å². The van der Waals surface area contributed by atoms with Gasteiger partial charge in [-0.1, -0.05) is 53.9 Å². The molecule has 0 heterocycles. The molecule has 0 spiro atoms. The first kappa shape index (κ1) is 34.2. The number of hydrogen-bond acceptors (Lipinski definition) is 5. The first-order chi connectivity index (χ1) is 20.2. The third-order valence-electron chi connectivity index (χ3n) is 6.60. The van der Waals surface area contributed by atoms with Crippen LogP contribution in [0.5, 0.6) is 5.75 Å². The summed E-state index contributed by atoms with van der Waals surface area (Å²) >= 11 is 13.0. The van der Waals surface area contributed by atoms with Crippen LogP contribution in [0.25, 0.3) is 0 Å². The second-order valence-electron chi connectivity index (χ2n) is 11.1. The van der Waals surface area contributed by atoms with Crippen LogP contribution in [0.15, 0.2) is 71.6 Å². The largest absolute Gasteiger partial charge is 0.494 e. The van der Waals surface area contributed by atoms with Crippen LogP contribution in [0, 0.1) is 6.92 Å². The van der Waals surface area contributed by atoms with Gasteiger partial charge in [0.15, 0.2) is 0 Å². The lowest BCUT2D eigenvalue weighted by Gasteiger charge is -2.35. The van der Waals surface area contributed by atoms with Crippen molar-refractivity contribution in [2.45, 2.75) is 71.0 Å². The van der Waals surface area contributed by atoms with E-state index in [-0.39, 0.29) is 23.8 Å². The van der Waals surface area contributed by atoms with E-state index in [2.05, 4.69) is 5.32 Å². The Balaban J connectivity index is 2.10. The van der Waals surface area contributed by atoms with E-state index in [1.807, 2.05) is 34.6 Å². The number of carbonyl (C=O) groups is 2. The third-order valence-corrected chi connectivity index (χ3v) is 9.09. The predicted molar refractivity (Wildman–Crippen MR) is 172 cm³/mol. The highest BCUT2D eigenvalue weighted by molar-refractivity contribution is 7.92. The number of benzene rings is 3. The Kier molecular flexibility index (Phi) is 11.5. The molecule has 0 radical (unpaired) electrons. The van der Waals surface area contributed by atoms with Gasteiger partial charge in [0.05, 0.1) is 17.2 Å². The summed E-state index contributed by atoms with van der Waals surface area (Å²) in [7, 11) is -4.22. The summed E-state index contributed by atoms with van der Waals surface area (Å²) in [6.45, 7) is 10.8. The van der Waals surface area contributed by atoms with Crippen LogP contribution in [0.3, 0.4) is 0 Å². The summed E-state index contributed by atoms with van der Waals surface area (Å²) in [5.74, 6) is -0.442. The molecule has 0 bridgehead atoms. The van der Waals surface area contributed by atoms with Crippen molar-refractivity contribution in [1.29, 1.82) is 0 Å².